The van der Waals surface area contributed by atoms with Crippen molar-refractivity contribution in [2.75, 3.05) is 13.2 Å². The second kappa shape index (κ2) is 6.86. The van der Waals surface area contributed by atoms with E-state index in [9.17, 15) is 0 Å². The minimum absolute atomic E-state index is 0.00347. The molecule has 0 rings (SSSR count). The van der Waals surface area contributed by atoms with Gasteiger partial charge in [-0.05, 0) is 0 Å². The molecule has 0 aromatic carbocycles. The Labute approximate surface area is 57.9 Å². The van der Waals surface area contributed by atoms with Crippen molar-refractivity contribution in [2.24, 2.45) is 5.90 Å². The lowest BCUT2D eigenvalue weighted by Crippen LogP contribution is -2.03. The molecule has 0 unspecified atom stereocenters. The zero-order valence-electron chi connectivity index (χ0n) is 4.97. The van der Waals surface area contributed by atoms with Gasteiger partial charge in [-0.15, -0.1) is 0 Å². The van der Waals surface area contributed by atoms with Gasteiger partial charge in [-0.2, -0.15) is 8.42 Å². The van der Waals surface area contributed by atoms with E-state index in [1.807, 2.05) is 0 Å². The Morgan fingerprint density at radius 3 is 1.70 bits per heavy atom. The molecule has 0 aliphatic carbocycles. The smallest absolute Gasteiger partial charge is 0.394 e. The van der Waals surface area contributed by atoms with Crippen molar-refractivity contribution in [1.82, 2.24) is 0 Å². The maximum Gasteiger partial charge on any atom is 0.394 e. The van der Waals surface area contributed by atoms with Crippen LogP contribution in [0.3, 0.4) is 0 Å². The highest BCUT2D eigenvalue weighted by Crippen LogP contribution is 1.59. The van der Waals surface area contributed by atoms with Crippen LogP contribution in [0.4, 0.5) is 0 Å². The molecule has 0 aromatic heterocycles. The van der Waals surface area contributed by atoms with E-state index >= 15 is 0 Å². The normalized spacial score (nSPS) is 10.0. The lowest BCUT2D eigenvalue weighted by atomic mass is 10.8. The van der Waals surface area contributed by atoms with Gasteiger partial charge in [-0.3, -0.25) is 9.11 Å². The Morgan fingerprint density at radius 2 is 1.70 bits per heavy atom. The van der Waals surface area contributed by atoms with Gasteiger partial charge in [0.25, 0.3) is 0 Å². The van der Waals surface area contributed by atoms with Crippen molar-refractivity contribution in [1.29, 1.82) is 0 Å². The molecule has 0 aliphatic heterocycles. The summed E-state index contributed by atoms with van der Waals surface area (Å²) in [7, 11) is -4.67. The zero-order chi connectivity index (χ0) is 8.62. The third kappa shape index (κ3) is 115. The molecule has 0 fully saturated rings. The van der Waals surface area contributed by atoms with Gasteiger partial charge in [0.2, 0.25) is 0 Å². The largest absolute Gasteiger partial charge is 0.394 e. The highest BCUT2D eigenvalue weighted by atomic mass is 32.3. The molecule has 0 heterocycles. The van der Waals surface area contributed by atoms with Crippen molar-refractivity contribution in [3.8, 4) is 0 Å². The highest BCUT2D eigenvalue weighted by Gasteiger charge is 1.84. The second-order valence-corrected chi connectivity index (χ2v) is 1.94. The van der Waals surface area contributed by atoms with Gasteiger partial charge in [0.05, 0.1) is 13.2 Å². The molecule has 8 heteroatoms. The van der Waals surface area contributed by atoms with Crippen molar-refractivity contribution >= 4 is 10.4 Å². The molecule has 0 bridgehead atoms. The molecule has 0 aliphatic rings. The third-order valence-electron chi connectivity index (χ3n) is 0.209. The summed E-state index contributed by atoms with van der Waals surface area (Å²) in [6.07, 6.45) is 0. The van der Waals surface area contributed by atoms with Gasteiger partial charge in [0, 0.05) is 0 Å². The number of rotatable bonds is 2. The molecule has 5 N–H and O–H groups in total. The van der Waals surface area contributed by atoms with Crippen LogP contribution >= 0.6 is 0 Å². The van der Waals surface area contributed by atoms with Crippen LogP contribution in [-0.4, -0.2) is 35.8 Å². The third-order valence-corrected chi connectivity index (χ3v) is 0.209. The van der Waals surface area contributed by atoms with Crippen LogP contribution in [0, 0.1) is 0 Å². The minimum atomic E-state index is -4.67. The van der Waals surface area contributed by atoms with Gasteiger partial charge >= 0.3 is 10.4 Å². The predicted octanol–water partition coefficient (Wildman–Crippen LogP) is -1.78. The first-order chi connectivity index (χ1) is 4.41. The Hall–Kier alpha value is -0.250. The topological polar surface area (TPSA) is 130 Å². The molecule has 0 saturated carbocycles. The molecule has 0 aromatic rings. The van der Waals surface area contributed by atoms with Gasteiger partial charge in [0.15, 0.2) is 0 Å². The summed E-state index contributed by atoms with van der Waals surface area (Å²) in [5, 5.41) is 7.86. The maximum atomic E-state index is 8.74. The molecular formula is C2H9NO6S. The fourth-order valence-electron chi connectivity index (χ4n) is 0.0527. The molecule has 64 valence electrons. The van der Waals surface area contributed by atoms with E-state index in [0.29, 0.717) is 0 Å². The number of aliphatic hydroxyl groups excluding tert-OH is 1. The molecule has 0 atom stereocenters. The van der Waals surface area contributed by atoms with Crippen LogP contribution in [0.1, 0.15) is 0 Å². The van der Waals surface area contributed by atoms with Crippen LogP contribution < -0.4 is 5.90 Å². The number of nitrogens with two attached hydrogens (primary N) is 1. The van der Waals surface area contributed by atoms with Crippen LogP contribution in [0.5, 0.6) is 0 Å². The number of hydrogen-bond acceptors (Lipinski definition) is 5. The lowest BCUT2D eigenvalue weighted by Gasteiger charge is -1.83. The molecule has 0 spiro atoms. The van der Waals surface area contributed by atoms with Gasteiger partial charge in [-0.25, -0.2) is 5.90 Å². The first kappa shape index (κ1) is 12.4. The molecule has 0 radical (unpaired) electrons. The molecule has 10 heavy (non-hydrogen) atoms. The molecule has 7 nitrogen and oxygen atoms in total. The van der Waals surface area contributed by atoms with E-state index in [1.54, 1.807) is 0 Å². The van der Waals surface area contributed by atoms with Crippen molar-refractivity contribution in [3.63, 3.8) is 0 Å². The Morgan fingerprint density at radius 1 is 1.40 bits per heavy atom. The molecule has 0 saturated heterocycles. The molecule has 0 amide bonds. The summed E-state index contributed by atoms with van der Waals surface area (Å²) >= 11 is 0. The van der Waals surface area contributed by atoms with Crippen molar-refractivity contribution in [2.45, 2.75) is 0 Å². The second-order valence-electron chi connectivity index (χ2n) is 1.04. The SMILES string of the molecule is NOCCO.O=S(=O)(O)O. The fourth-order valence-corrected chi connectivity index (χ4v) is 0.0527. The van der Waals surface area contributed by atoms with E-state index in [0.717, 1.165) is 0 Å². The molecular weight excluding hydrogens is 166 g/mol. The predicted molar refractivity (Wildman–Crippen MR) is 31.4 cm³/mol. The van der Waals surface area contributed by atoms with Crippen LogP contribution in [0.15, 0.2) is 0 Å². The first-order valence-corrected chi connectivity index (χ1v) is 3.44. The van der Waals surface area contributed by atoms with E-state index in [-0.39, 0.29) is 13.2 Å². The van der Waals surface area contributed by atoms with Gasteiger partial charge < -0.3 is 9.94 Å². The fraction of sp³-hybridized carbons (Fsp3) is 1.00. The summed E-state index contributed by atoms with van der Waals surface area (Å²) in [4.78, 5) is 3.94. The Balaban J connectivity index is 0. The lowest BCUT2D eigenvalue weighted by molar-refractivity contribution is 0.0938. The zero-order valence-corrected chi connectivity index (χ0v) is 5.78. The van der Waals surface area contributed by atoms with Gasteiger partial charge in [-0.1, -0.05) is 0 Å². The Kier molecular flexibility index (Phi) is 8.53. The average molecular weight is 175 g/mol. The minimum Gasteiger partial charge on any atom is -0.394 e. The summed E-state index contributed by atoms with van der Waals surface area (Å²) < 4.78 is 31.6. The van der Waals surface area contributed by atoms with E-state index in [2.05, 4.69) is 10.7 Å². The first-order valence-electron chi connectivity index (χ1n) is 2.04. The van der Waals surface area contributed by atoms with Crippen molar-refractivity contribution in [3.05, 3.63) is 0 Å². The van der Waals surface area contributed by atoms with Crippen LogP contribution in [-0.2, 0) is 15.2 Å². The summed E-state index contributed by atoms with van der Waals surface area (Å²) in [6, 6.07) is 0. The average Bonchev–Trinajstić information content (AvgIpc) is 1.63. The highest BCUT2D eigenvalue weighted by molar-refractivity contribution is 7.79. The number of aliphatic hydroxyl groups is 1. The maximum absolute atomic E-state index is 8.74. The van der Waals surface area contributed by atoms with E-state index in [4.69, 9.17) is 22.6 Å². The van der Waals surface area contributed by atoms with E-state index < -0.39 is 10.4 Å². The quantitative estimate of drug-likeness (QED) is 0.288. The van der Waals surface area contributed by atoms with Crippen molar-refractivity contribution < 1.29 is 27.5 Å². The van der Waals surface area contributed by atoms with Gasteiger partial charge in [0.1, 0.15) is 0 Å². The monoisotopic (exact) mass is 175 g/mol. The summed E-state index contributed by atoms with van der Waals surface area (Å²) in [5.74, 6) is 4.48. The Bertz CT molecular complexity index is 130. The standard InChI is InChI=1S/C2H7NO2.H2O4S/c3-5-2-1-4;1-5(2,3)4/h4H,1-3H2;(H2,1,2,3,4). The number of hydrogen-bond donors (Lipinski definition) is 4. The van der Waals surface area contributed by atoms with Crippen LogP contribution in [0.2, 0.25) is 0 Å². The van der Waals surface area contributed by atoms with E-state index in [1.165, 1.54) is 0 Å². The summed E-state index contributed by atoms with van der Waals surface area (Å²) in [6.45, 7) is 0.219. The summed E-state index contributed by atoms with van der Waals surface area (Å²) in [5.41, 5.74) is 0. The van der Waals surface area contributed by atoms with Crippen LogP contribution in [0.25, 0.3) is 0 Å².